The summed E-state index contributed by atoms with van der Waals surface area (Å²) in [7, 11) is 0. The first-order chi connectivity index (χ1) is 8.54. The Labute approximate surface area is 106 Å². The van der Waals surface area contributed by atoms with Crippen LogP contribution in [0.3, 0.4) is 0 Å². The summed E-state index contributed by atoms with van der Waals surface area (Å²) >= 11 is 0. The number of aromatic nitrogens is 1. The predicted molar refractivity (Wildman–Crippen MR) is 68.8 cm³/mol. The molecular formula is C13H18N2O3. The maximum absolute atomic E-state index is 11.1. The first-order valence-corrected chi connectivity index (χ1v) is 6.01. The summed E-state index contributed by atoms with van der Waals surface area (Å²) < 4.78 is 0. The number of hydrogen-bond donors (Lipinski definition) is 2. The second kappa shape index (κ2) is 6.74. The van der Waals surface area contributed by atoms with Gasteiger partial charge in [-0.3, -0.25) is 4.79 Å². The van der Waals surface area contributed by atoms with Crippen molar-refractivity contribution in [3.63, 3.8) is 0 Å². The molecule has 5 nitrogen and oxygen atoms in total. The molecule has 1 atom stereocenters. The summed E-state index contributed by atoms with van der Waals surface area (Å²) in [6.07, 6.45) is 3.79. The maximum atomic E-state index is 11.1. The fourth-order valence-electron chi connectivity index (χ4n) is 1.53. The van der Waals surface area contributed by atoms with E-state index in [0.717, 1.165) is 12.8 Å². The molecule has 2 N–H and O–H groups in total. The van der Waals surface area contributed by atoms with Crippen LogP contribution in [0.25, 0.3) is 0 Å². The molecule has 0 saturated heterocycles. The monoisotopic (exact) mass is 250 g/mol. The number of hydrogen-bond acceptors (Lipinski definition) is 4. The van der Waals surface area contributed by atoms with E-state index in [1.54, 1.807) is 12.1 Å². The lowest BCUT2D eigenvalue weighted by Crippen LogP contribution is -2.29. The Bertz CT molecular complexity index is 415. The van der Waals surface area contributed by atoms with E-state index in [-0.39, 0.29) is 5.78 Å². The van der Waals surface area contributed by atoms with Crippen LogP contribution in [0.15, 0.2) is 18.3 Å². The van der Waals surface area contributed by atoms with Crippen LogP contribution in [-0.2, 0) is 4.79 Å². The van der Waals surface area contributed by atoms with Gasteiger partial charge in [-0.2, -0.15) is 0 Å². The van der Waals surface area contributed by atoms with Gasteiger partial charge in [-0.15, -0.1) is 0 Å². The summed E-state index contributed by atoms with van der Waals surface area (Å²) in [6.45, 7) is 3.48. The topological polar surface area (TPSA) is 79.3 Å². The highest BCUT2D eigenvalue weighted by atomic mass is 16.4. The molecule has 1 aromatic rings. The van der Waals surface area contributed by atoms with E-state index in [0.29, 0.717) is 17.8 Å². The van der Waals surface area contributed by atoms with E-state index in [1.807, 2.05) is 6.92 Å². The van der Waals surface area contributed by atoms with Gasteiger partial charge in [0.1, 0.15) is 11.9 Å². The smallest absolute Gasteiger partial charge is 0.326 e. The number of carbonyl (C=O) groups is 2. The van der Waals surface area contributed by atoms with Crippen LogP contribution in [0.1, 0.15) is 43.5 Å². The van der Waals surface area contributed by atoms with Crippen molar-refractivity contribution in [3.05, 3.63) is 23.9 Å². The van der Waals surface area contributed by atoms with Gasteiger partial charge in [0.25, 0.3) is 0 Å². The average molecular weight is 250 g/mol. The third-order valence-corrected chi connectivity index (χ3v) is 2.64. The van der Waals surface area contributed by atoms with Gasteiger partial charge in [0.05, 0.1) is 0 Å². The third kappa shape index (κ3) is 4.16. The quantitative estimate of drug-likeness (QED) is 0.726. The van der Waals surface area contributed by atoms with Crippen molar-refractivity contribution in [1.29, 1.82) is 0 Å². The molecular weight excluding hydrogens is 232 g/mol. The first kappa shape index (κ1) is 14.2. The highest BCUT2D eigenvalue weighted by molar-refractivity contribution is 5.93. The van der Waals surface area contributed by atoms with Gasteiger partial charge < -0.3 is 10.4 Å². The molecule has 0 aliphatic heterocycles. The molecule has 0 saturated carbocycles. The Kier molecular flexibility index (Phi) is 5.30. The van der Waals surface area contributed by atoms with Crippen molar-refractivity contribution in [2.45, 2.75) is 39.2 Å². The Morgan fingerprint density at radius 2 is 2.17 bits per heavy atom. The van der Waals surface area contributed by atoms with Gasteiger partial charge in [-0.25, -0.2) is 9.78 Å². The lowest BCUT2D eigenvalue weighted by Gasteiger charge is -2.14. The van der Waals surface area contributed by atoms with Gasteiger partial charge in [0.2, 0.25) is 0 Å². The summed E-state index contributed by atoms with van der Waals surface area (Å²) in [4.78, 5) is 26.1. The van der Waals surface area contributed by atoms with Crippen molar-refractivity contribution >= 4 is 17.6 Å². The predicted octanol–water partition coefficient (Wildman–Crippen LogP) is 2.34. The van der Waals surface area contributed by atoms with Crippen LogP contribution >= 0.6 is 0 Å². The highest BCUT2D eigenvalue weighted by Gasteiger charge is 2.16. The Morgan fingerprint density at radius 1 is 1.44 bits per heavy atom. The van der Waals surface area contributed by atoms with E-state index < -0.39 is 12.0 Å². The molecule has 1 aromatic heterocycles. The molecule has 1 heterocycles. The molecule has 0 aromatic carbocycles. The van der Waals surface area contributed by atoms with Crippen LogP contribution in [0.2, 0.25) is 0 Å². The van der Waals surface area contributed by atoms with Gasteiger partial charge in [0, 0.05) is 11.8 Å². The van der Waals surface area contributed by atoms with Gasteiger partial charge in [0.15, 0.2) is 5.78 Å². The van der Waals surface area contributed by atoms with Gasteiger partial charge in [-0.1, -0.05) is 19.8 Å². The van der Waals surface area contributed by atoms with E-state index in [9.17, 15) is 9.59 Å². The number of carboxylic acid groups (broad SMARTS) is 1. The number of ketones is 1. The fraction of sp³-hybridized carbons (Fsp3) is 0.462. The molecule has 1 rings (SSSR count). The summed E-state index contributed by atoms with van der Waals surface area (Å²) in [5.74, 6) is -0.473. The highest BCUT2D eigenvalue weighted by Crippen LogP contribution is 2.10. The number of aliphatic carboxylic acids is 1. The van der Waals surface area contributed by atoms with E-state index in [4.69, 9.17) is 5.11 Å². The zero-order chi connectivity index (χ0) is 13.5. The maximum Gasteiger partial charge on any atom is 0.326 e. The first-order valence-electron chi connectivity index (χ1n) is 6.01. The third-order valence-electron chi connectivity index (χ3n) is 2.64. The number of pyridine rings is 1. The Balaban J connectivity index is 2.68. The van der Waals surface area contributed by atoms with E-state index in [1.165, 1.54) is 13.1 Å². The summed E-state index contributed by atoms with van der Waals surface area (Å²) in [5.41, 5.74) is 0.515. The summed E-state index contributed by atoms with van der Waals surface area (Å²) in [5, 5.41) is 11.9. The molecule has 0 unspecified atom stereocenters. The molecule has 0 fully saturated rings. The lowest BCUT2D eigenvalue weighted by atomic mass is 10.1. The van der Waals surface area contributed by atoms with Gasteiger partial charge in [-0.05, 0) is 25.5 Å². The molecule has 0 aliphatic rings. The number of unbranched alkanes of at least 4 members (excludes halogenated alkanes) is 1. The minimum absolute atomic E-state index is 0.0604. The number of rotatable bonds is 7. The Morgan fingerprint density at radius 3 is 2.61 bits per heavy atom. The normalized spacial score (nSPS) is 11.9. The van der Waals surface area contributed by atoms with Crippen molar-refractivity contribution < 1.29 is 14.7 Å². The average Bonchev–Trinajstić information content (AvgIpc) is 2.34. The molecule has 0 amide bonds. The fourth-order valence-corrected chi connectivity index (χ4v) is 1.53. The van der Waals surface area contributed by atoms with Crippen molar-refractivity contribution in [2.24, 2.45) is 0 Å². The Hall–Kier alpha value is -1.91. The molecule has 0 bridgehead atoms. The number of anilines is 1. The van der Waals surface area contributed by atoms with E-state index in [2.05, 4.69) is 10.3 Å². The van der Waals surface area contributed by atoms with Gasteiger partial charge >= 0.3 is 5.97 Å². The number of nitrogens with zero attached hydrogens (tertiary/aromatic N) is 1. The molecule has 5 heteroatoms. The molecule has 18 heavy (non-hydrogen) atoms. The van der Waals surface area contributed by atoms with Crippen LogP contribution in [0, 0.1) is 0 Å². The van der Waals surface area contributed by atoms with Crippen molar-refractivity contribution in [1.82, 2.24) is 4.98 Å². The standard InChI is InChI=1S/C13H18N2O3/c1-3-4-5-11(13(17)18)15-12-7-6-10(8-14-12)9(2)16/h6-8,11H,3-5H2,1-2H3,(H,14,15)(H,17,18)/t11-/m0/s1. The van der Waals surface area contributed by atoms with Crippen molar-refractivity contribution in [3.8, 4) is 0 Å². The number of carboxylic acids is 1. The van der Waals surface area contributed by atoms with E-state index >= 15 is 0 Å². The van der Waals surface area contributed by atoms with Crippen LogP contribution in [0.5, 0.6) is 0 Å². The minimum Gasteiger partial charge on any atom is -0.480 e. The van der Waals surface area contributed by atoms with Crippen LogP contribution in [0.4, 0.5) is 5.82 Å². The number of carbonyl (C=O) groups excluding carboxylic acids is 1. The second-order valence-electron chi connectivity index (χ2n) is 4.17. The number of nitrogens with one attached hydrogen (secondary N) is 1. The molecule has 0 aliphatic carbocycles. The van der Waals surface area contributed by atoms with Crippen molar-refractivity contribution in [2.75, 3.05) is 5.32 Å². The zero-order valence-electron chi connectivity index (χ0n) is 10.6. The van der Waals surface area contributed by atoms with Crippen LogP contribution in [-0.4, -0.2) is 27.9 Å². The second-order valence-corrected chi connectivity index (χ2v) is 4.17. The molecule has 0 radical (unpaired) electrons. The van der Waals surface area contributed by atoms with Crippen LogP contribution < -0.4 is 5.32 Å². The zero-order valence-corrected chi connectivity index (χ0v) is 10.6. The summed E-state index contributed by atoms with van der Waals surface area (Å²) in [6, 6.07) is 2.62. The number of Topliss-reactive ketones (excluding diaryl/α,β-unsaturated/α-hetero) is 1. The molecule has 98 valence electrons. The molecule has 0 spiro atoms. The minimum atomic E-state index is -0.888. The SMILES string of the molecule is CCCC[C@H](Nc1ccc(C(C)=O)cn1)C(=O)O. The largest absolute Gasteiger partial charge is 0.480 e. The lowest BCUT2D eigenvalue weighted by molar-refractivity contribution is -0.138.